The maximum absolute atomic E-state index is 13.1. The molecule has 2 aliphatic rings. The molecular weight excluding hydrogens is 488 g/mol. The minimum Gasteiger partial charge on any atom is -0.354 e. The molecule has 0 saturated carbocycles. The van der Waals surface area contributed by atoms with Crippen molar-refractivity contribution in [1.82, 2.24) is 8.61 Å². The minimum atomic E-state index is -3.57. The number of aryl methyl sites for hydroxylation is 2. The Morgan fingerprint density at radius 3 is 1.43 bits per heavy atom. The summed E-state index contributed by atoms with van der Waals surface area (Å²) < 4.78 is 66.6. The summed E-state index contributed by atoms with van der Waals surface area (Å²) in [7, 11) is -7.15. The van der Waals surface area contributed by atoms with Gasteiger partial charge in [0.2, 0.25) is 20.0 Å². The van der Waals surface area contributed by atoms with Crippen LogP contribution in [-0.2, 0) is 29.5 Å². The highest BCUT2D eigenvalue weighted by Gasteiger charge is 2.36. The van der Waals surface area contributed by atoms with Crippen molar-refractivity contribution in [2.45, 2.75) is 61.4 Å². The van der Waals surface area contributed by atoms with E-state index in [1.165, 1.54) is 8.61 Å². The third kappa shape index (κ3) is 5.95. The van der Waals surface area contributed by atoms with Crippen LogP contribution in [0.4, 0.5) is 0 Å². The van der Waals surface area contributed by atoms with Gasteiger partial charge in [-0.15, -0.1) is 0 Å². The van der Waals surface area contributed by atoms with E-state index in [0.29, 0.717) is 22.9 Å². The van der Waals surface area contributed by atoms with E-state index in [-0.39, 0.29) is 32.1 Å². The molecule has 0 aromatic heterocycles. The minimum absolute atomic E-state index is 0.0101. The van der Waals surface area contributed by atoms with Crippen LogP contribution in [0.2, 0.25) is 0 Å². The van der Waals surface area contributed by atoms with Crippen LogP contribution in [0.25, 0.3) is 0 Å². The van der Waals surface area contributed by atoms with E-state index >= 15 is 0 Å². The zero-order valence-electron chi connectivity index (χ0n) is 20.3. The zero-order chi connectivity index (χ0) is 25.1. The summed E-state index contributed by atoms with van der Waals surface area (Å²) in [6, 6.07) is 13.3. The number of hydrogen-bond donors (Lipinski definition) is 0. The average molecular weight is 523 g/mol. The first-order valence-electron chi connectivity index (χ1n) is 12.0. The van der Waals surface area contributed by atoms with Crippen LogP contribution in [0.5, 0.6) is 0 Å². The number of hydrogen-bond acceptors (Lipinski definition) is 6. The smallest absolute Gasteiger partial charge is 0.243 e. The molecule has 0 aliphatic carbocycles. The molecule has 10 heteroatoms. The standard InChI is InChI=1S/C25H34N2O6S2/c1-20-7-11-24(12-8-20)34(28,29)26-15-3-5-22(26)17-32-19-33-18-23-6-4-16-27(23)35(30,31)25-13-9-21(2)10-14-25/h7-14,22-23H,3-6,15-19H2,1-2H3/t22-,23+. The Labute approximate surface area is 208 Å². The van der Waals surface area contributed by atoms with Crippen LogP contribution in [0.15, 0.2) is 58.3 Å². The lowest BCUT2D eigenvalue weighted by molar-refractivity contribution is -0.0707. The van der Waals surface area contributed by atoms with Crippen molar-refractivity contribution in [3.63, 3.8) is 0 Å². The van der Waals surface area contributed by atoms with Gasteiger partial charge in [-0.05, 0) is 63.8 Å². The summed E-state index contributed by atoms with van der Waals surface area (Å²) in [4.78, 5) is 0.588. The first-order chi connectivity index (χ1) is 16.7. The summed E-state index contributed by atoms with van der Waals surface area (Å²) in [6.07, 6.45) is 3.04. The van der Waals surface area contributed by atoms with Crippen molar-refractivity contribution in [2.75, 3.05) is 33.1 Å². The molecule has 2 fully saturated rings. The van der Waals surface area contributed by atoms with Crippen molar-refractivity contribution in [3.05, 3.63) is 59.7 Å². The van der Waals surface area contributed by atoms with Gasteiger partial charge in [0.15, 0.2) is 0 Å². The lowest BCUT2D eigenvalue weighted by Crippen LogP contribution is -2.39. The normalized spacial score (nSPS) is 22.1. The fraction of sp³-hybridized carbons (Fsp3) is 0.520. The molecule has 2 heterocycles. The third-order valence-corrected chi connectivity index (χ3v) is 10.6. The average Bonchev–Trinajstić information content (AvgIpc) is 3.50. The molecule has 0 N–H and O–H groups in total. The highest BCUT2D eigenvalue weighted by atomic mass is 32.2. The fourth-order valence-corrected chi connectivity index (χ4v) is 8.06. The molecule has 2 saturated heterocycles. The van der Waals surface area contributed by atoms with Gasteiger partial charge >= 0.3 is 0 Å². The number of sulfonamides is 2. The first kappa shape index (κ1) is 26.2. The summed E-state index contributed by atoms with van der Waals surface area (Å²) in [6.45, 7) is 5.25. The summed E-state index contributed by atoms with van der Waals surface area (Å²) in [5.74, 6) is 0. The van der Waals surface area contributed by atoms with Gasteiger partial charge in [0, 0.05) is 25.2 Å². The third-order valence-electron chi connectivity index (χ3n) is 6.69. The molecule has 0 amide bonds. The van der Waals surface area contributed by atoms with Crippen LogP contribution in [0.3, 0.4) is 0 Å². The zero-order valence-corrected chi connectivity index (χ0v) is 21.9. The molecular formula is C25H34N2O6S2. The molecule has 0 bridgehead atoms. The van der Waals surface area contributed by atoms with E-state index < -0.39 is 20.0 Å². The SMILES string of the molecule is Cc1ccc(S(=O)(=O)N2CCC[C@@H]2COCOC[C@@H]2CCCN2S(=O)(=O)c2ccc(C)cc2)cc1. The first-order valence-corrected chi connectivity index (χ1v) is 14.9. The van der Waals surface area contributed by atoms with Crippen LogP contribution >= 0.6 is 0 Å². The lowest BCUT2D eigenvalue weighted by Gasteiger charge is -2.25. The van der Waals surface area contributed by atoms with Crippen molar-refractivity contribution >= 4 is 20.0 Å². The van der Waals surface area contributed by atoms with Gasteiger partial charge in [0.1, 0.15) is 6.79 Å². The number of ether oxygens (including phenoxy) is 2. The lowest BCUT2D eigenvalue weighted by atomic mass is 10.2. The molecule has 8 nitrogen and oxygen atoms in total. The van der Waals surface area contributed by atoms with Gasteiger partial charge in [-0.2, -0.15) is 8.61 Å². The second-order valence-corrected chi connectivity index (χ2v) is 13.1. The predicted molar refractivity (Wildman–Crippen MR) is 133 cm³/mol. The van der Waals surface area contributed by atoms with Gasteiger partial charge < -0.3 is 9.47 Å². The molecule has 0 unspecified atom stereocenters. The Morgan fingerprint density at radius 1 is 0.686 bits per heavy atom. The number of benzene rings is 2. The summed E-state index contributed by atoms with van der Waals surface area (Å²) in [5.41, 5.74) is 2.02. The highest BCUT2D eigenvalue weighted by molar-refractivity contribution is 7.89. The van der Waals surface area contributed by atoms with Gasteiger partial charge in [-0.25, -0.2) is 16.8 Å². The van der Waals surface area contributed by atoms with Crippen molar-refractivity contribution in [2.24, 2.45) is 0 Å². The molecule has 2 aromatic rings. The number of nitrogens with zero attached hydrogens (tertiary/aromatic N) is 2. The topological polar surface area (TPSA) is 93.2 Å². The molecule has 192 valence electrons. The molecule has 2 aliphatic heterocycles. The number of rotatable bonds is 10. The van der Waals surface area contributed by atoms with Crippen LogP contribution < -0.4 is 0 Å². The second-order valence-electron chi connectivity index (χ2n) is 9.31. The van der Waals surface area contributed by atoms with E-state index in [0.717, 1.165) is 36.8 Å². The Bertz CT molecular complexity index is 1100. The summed E-state index contributed by atoms with van der Waals surface area (Å²) >= 11 is 0. The maximum atomic E-state index is 13.1. The van der Waals surface area contributed by atoms with Gasteiger partial charge in [-0.1, -0.05) is 35.4 Å². The molecule has 0 spiro atoms. The monoisotopic (exact) mass is 522 g/mol. The van der Waals surface area contributed by atoms with Gasteiger partial charge in [-0.3, -0.25) is 0 Å². The highest BCUT2D eigenvalue weighted by Crippen LogP contribution is 2.28. The maximum Gasteiger partial charge on any atom is 0.243 e. The van der Waals surface area contributed by atoms with Crippen LogP contribution in [0, 0.1) is 13.8 Å². The Kier molecular flexibility index (Phi) is 8.30. The van der Waals surface area contributed by atoms with Crippen molar-refractivity contribution in [3.8, 4) is 0 Å². The van der Waals surface area contributed by atoms with E-state index in [2.05, 4.69) is 0 Å². The van der Waals surface area contributed by atoms with E-state index in [1.807, 2.05) is 13.8 Å². The molecule has 0 radical (unpaired) electrons. The van der Waals surface area contributed by atoms with Crippen LogP contribution in [0.1, 0.15) is 36.8 Å². The fourth-order valence-electron chi connectivity index (χ4n) is 4.70. The Morgan fingerprint density at radius 2 is 1.06 bits per heavy atom. The van der Waals surface area contributed by atoms with E-state index in [9.17, 15) is 16.8 Å². The van der Waals surface area contributed by atoms with E-state index in [1.54, 1.807) is 48.5 Å². The second kappa shape index (κ2) is 11.1. The molecule has 2 aromatic carbocycles. The van der Waals surface area contributed by atoms with Crippen molar-refractivity contribution < 1.29 is 26.3 Å². The molecule has 35 heavy (non-hydrogen) atoms. The quantitative estimate of drug-likeness (QED) is 0.351. The Balaban J connectivity index is 1.27. The van der Waals surface area contributed by atoms with Crippen LogP contribution in [-0.4, -0.2) is 70.6 Å². The van der Waals surface area contributed by atoms with Crippen molar-refractivity contribution in [1.29, 1.82) is 0 Å². The van der Waals surface area contributed by atoms with Gasteiger partial charge in [0.25, 0.3) is 0 Å². The van der Waals surface area contributed by atoms with Gasteiger partial charge in [0.05, 0.1) is 23.0 Å². The Hall–Kier alpha value is -1.82. The predicted octanol–water partition coefficient (Wildman–Crippen LogP) is 3.30. The largest absolute Gasteiger partial charge is 0.354 e. The molecule has 2 atom stereocenters. The van der Waals surface area contributed by atoms with E-state index in [4.69, 9.17) is 9.47 Å². The molecule has 4 rings (SSSR count). The summed E-state index contributed by atoms with van der Waals surface area (Å²) in [5, 5.41) is 0.